The van der Waals surface area contributed by atoms with E-state index < -0.39 is 5.43 Å². The van der Waals surface area contributed by atoms with Crippen molar-refractivity contribution in [2.45, 2.75) is 32.5 Å². The van der Waals surface area contributed by atoms with Gasteiger partial charge in [0.1, 0.15) is 12.0 Å². The molecule has 3 rings (SSSR count). The highest BCUT2D eigenvalue weighted by atomic mass is 16.4. The smallest absolute Gasteiger partial charge is 0.226 e. The Labute approximate surface area is 135 Å². The van der Waals surface area contributed by atoms with Gasteiger partial charge in [-0.2, -0.15) is 0 Å². The Kier molecular flexibility index (Phi) is 4.39. The normalized spacial score (nSPS) is 18.5. The van der Waals surface area contributed by atoms with Crippen LogP contribution in [0, 0.1) is 0 Å². The van der Waals surface area contributed by atoms with Gasteiger partial charge in [-0.25, -0.2) is 0 Å². The van der Waals surface area contributed by atoms with E-state index in [4.69, 9.17) is 4.42 Å². The summed E-state index contributed by atoms with van der Waals surface area (Å²) in [6, 6.07) is 10.1. The van der Waals surface area contributed by atoms with Gasteiger partial charge in [-0.1, -0.05) is 25.1 Å². The number of hydrogen-bond donors (Lipinski definition) is 1. The number of likely N-dealkylation sites (N-methyl/N-ethyl adjacent to an activating group) is 1. The third kappa shape index (κ3) is 3.24. The number of fused-ring (bicyclic) bond motifs is 1. The molecule has 0 saturated carbocycles. The number of aromatic hydroxyl groups is 1. The Morgan fingerprint density at radius 2 is 2.13 bits per heavy atom. The fourth-order valence-corrected chi connectivity index (χ4v) is 3.19. The molecule has 2 heterocycles. The summed E-state index contributed by atoms with van der Waals surface area (Å²) in [5.74, 6) is 0.232. The fraction of sp³-hybridized carbons (Fsp3) is 0.389. The van der Waals surface area contributed by atoms with Crippen LogP contribution in [0.2, 0.25) is 0 Å². The molecule has 0 radical (unpaired) electrons. The van der Waals surface area contributed by atoms with E-state index in [9.17, 15) is 9.90 Å². The molecule has 2 aromatic rings. The van der Waals surface area contributed by atoms with Crippen LogP contribution in [0.15, 0.2) is 45.8 Å². The second kappa shape index (κ2) is 6.46. The average Bonchev–Trinajstić information content (AvgIpc) is 2.68. The number of benzene rings is 1. The average molecular weight is 314 g/mol. The Morgan fingerprint density at radius 1 is 1.35 bits per heavy atom. The van der Waals surface area contributed by atoms with Gasteiger partial charge in [0.25, 0.3) is 0 Å². The molecule has 1 aromatic heterocycles. The maximum absolute atomic E-state index is 11.6. The van der Waals surface area contributed by atoms with Gasteiger partial charge >= 0.3 is 0 Å². The molecule has 0 fully saturated rings. The van der Waals surface area contributed by atoms with Crippen molar-refractivity contribution in [3.05, 3.63) is 58.1 Å². The van der Waals surface area contributed by atoms with Crippen LogP contribution in [0.25, 0.3) is 0 Å². The van der Waals surface area contributed by atoms with E-state index in [-0.39, 0.29) is 5.75 Å². The minimum atomic E-state index is -0.397. The number of rotatable bonds is 3. The van der Waals surface area contributed by atoms with Gasteiger partial charge in [-0.15, -0.1) is 0 Å². The molecule has 122 valence electrons. The summed E-state index contributed by atoms with van der Waals surface area (Å²) in [7, 11) is 2.12. The van der Waals surface area contributed by atoms with Gasteiger partial charge in [0.15, 0.2) is 5.75 Å². The molecule has 5 heteroatoms. The first-order chi connectivity index (χ1) is 11.1. The molecule has 0 saturated heterocycles. The Balaban J connectivity index is 1.90. The first kappa shape index (κ1) is 15.6. The van der Waals surface area contributed by atoms with Crippen molar-refractivity contribution in [2.24, 2.45) is 0 Å². The van der Waals surface area contributed by atoms with Crippen LogP contribution in [0.1, 0.15) is 24.7 Å². The predicted molar refractivity (Wildman–Crippen MR) is 89.7 cm³/mol. The van der Waals surface area contributed by atoms with Crippen molar-refractivity contribution in [1.29, 1.82) is 0 Å². The van der Waals surface area contributed by atoms with Crippen molar-refractivity contribution in [2.75, 3.05) is 18.5 Å². The van der Waals surface area contributed by atoms with Crippen LogP contribution in [0.3, 0.4) is 0 Å². The Bertz CT molecular complexity index is 741. The second-order valence-electron chi connectivity index (χ2n) is 6.07. The third-order valence-electron chi connectivity index (χ3n) is 4.47. The largest absolute Gasteiger partial charge is 0.502 e. The van der Waals surface area contributed by atoms with E-state index in [1.54, 1.807) is 0 Å². The summed E-state index contributed by atoms with van der Waals surface area (Å²) >= 11 is 0. The van der Waals surface area contributed by atoms with E-state index in [1.807, 2.05) is 0 Å². The molecule has 0 bridgehead atoms. The van der Waals surface area contributed by atoms with Crippen molar-refractivity contribution < 1.29 is 9.52 Å². The van der Waals surface area contributed by atoms with Gasteiger partial charge in [0.05, 0.1) is 6.54 Å². The van der Waals surface area contributed by atoms with Gasteiger partial charge in [-0.05, 0) is 18.1 Å². The van der Waals surface area contributed by atoms with Crippen molar-refractivity contribution in [3.63, 3.8) is 0 Å². The van der Waals surface area contributed by atoms with E-state index >= 15 is 0 Å². The van der Waals surface area contributed by atoms with Gasteiger partial charge < -0.3 is 14.4 Å². The molecule has 1 N–H and O–H groups in total. The lowest BCUT2D eigenvalue weighted by Gasteiger charge is -2.30. The first-order valence-corrected chi connectivity index (χ1v) is 7.92. The molecule has 1 aromatic carbocycles. The third-order valence-corrected chi connectivity index (χ3v) is 4.47. The van der Waals surface area contributed by atoms with Crippen molar-refractivity contribution in [1.82, 2.24) is 4.90 Å². The monoisotopic (exact) mass is 314 g/mol. The summed E-state index contributed by atoms with van der Waals surface area (Å²) in [6.45, 7) is 4.46. The summed E-state index contributed by atoms with van der Waals surface area (Å²) in [5.41, 5.74) is 2.12. The predicted octanol–water partition coefficient (Wildman–Crippen LogP) is 2.58. The van der Waals surface area contributed by atoms with Gasteiger partial charge in [0, 0.05) is 37.9 Å². The molecule has 0 amide bonds. The molecular formula is C18H22N2O3. The summed E-state index contributed by atoms with van der Waals surface area (Å²) in [5, 5.41) is 9.33. The van der Waals surface area contributed by atoms with E-state index in [0.29, 0.717) is 18.3 Å². The lowest BCUT2D eigenvalue weighted by Crippen LogP contribution is -2.39. The minimum Gasteiger partial charge on any atom is -0.502 e. The zero-order chi connectivity index (χ0) is 16.4. The van der Waals surface area contributed by atoms with E-state index in [0.717, 1.165) is 25.8 Å². The van der Waals surface area contributed by atoms with Crippen LogP contribution in [-0.2, 0) is 13.1 Å². The second-order valence-corrected chi connectivity index (χ2v) is 6.07. The standard InChI is InChI=1S/C18H22N2O3/c1-3-14-10-19(2)16-7-5-4-6-13(16)9-20(14)11-15-8-17(21)18(22)12-23-15/h4-8,12,14,22H,3,9-11H2,1-2H3. The van der Waals surface area contributed by atoms with Crippen molar-refractivity contribution >= 4 is 5.69 Å². The molecule has 0 spiro atoms. The Morgan fingerprint density at radius 3 is 2.87 bits per heavy atom. The van der Waals surface area contributed by atoms with E-state index in [2.05, 4.69) is 48.0 Å². The molecule has 1 aliphatic heterocycles. The SMILES string of the molecule is CCC1CN(C)c2ccccc2CN1Cc1cc(=O)c(O)co1. The lowest BCUT2D eigenvalue weighted by atomic mass is 10.1. The molecule has 0 aliphatic carbocycles. The van der Waals surface area contributed by atoms with Crippen LogP contribution in [0.4, 0.5) is 5.69 Å². The molecule has 1 aliphatic rings. The summed E-state index contributed by atoms with van der Waals surface area (Å²) in [6.07, 6.45) is 2.14. The van der Waals surface area contributed by atoms with Gasteiger partial charge in [0.2, 0.25) is 5.43 Å². The zero-order valence-corrected chi connectivity index (χ0v) is 13.5. The Hall–Kier alpha value is -2.27. The van der Waals surface area contributed by atoms with Gasteiger partial charge in [-0.3, -0.25) is 9.69 Å². The molecule has 1 unspecified atom stereocenters. The minimum absolute atomic E-state index is 0.346. The van der Waals surface area contributed by atoms with Crippen molar-refractivity contribution in [3.8, 4) is 5.75 Å². The molecule has 1 atom stereocenters. The number of anilines is 1. The van der Waals surface area contributed by atoms with E-state index in [1.165, 1.54) is 17.3 Å². The highest BCUT2D eigenvalue weighted by Gasteiger charge is 2.25. The first-order valence-electron chi connectivity index (χ1n) is 7.92. The van der Waals surface area contributed by atoms with Crippen LogP contribution in [-0.4, -0.2) is 29.6 Å². The summed E-state index contributed by atoms with van der Waals surface area (Å²) in [4.78, 5) is 16.2. The maximum Gasteiger partial charge on any atom is 0.226 e. The summed E-state index contributed by atoms with van der Waals surface area (Å²) < 4.78 is 5.38. The highest BCUT2D eigenvalue weighted by Crippen LogP contribution is 2.28. The number of hydrogen-bond acceptors (Lipinski definition) is 5. The van der Waals surface area contributed by atoms with Crippen LogP contribution < -0.4 is 10.3 Å². The quantitative estimate of drug-likeness (QED) is 0.943. The van der Waals surface area contributed by atoms with Crippen LogP contribution >= 0.6 is 0 Å². The number of nitrogens with zero attached hydrogens (tertiary/aromatic N) is 2. The fourth-order valence-electron chi connectivity index (χ4n) is 3.19. The van der Waals surface area contributed by atoms with Crippen LogP contribution in [0.5, 0.6) is 5.75 Å². The highest BCUT2D eigenvalue weighted by molar-refractivity contribution is 5.54. The maximum atomic E-state index is 11.6. The molecule has 5 nitrogen and oxygen atoms in total. The zero-order valence-electron chi connectivity index (χ0n) is 13.5. The topological polar surface area (TPSA) is 56.9 Å². The molecular weight excluding hydrogens is 292 g/mol. The lowest BCUT2D eigenvalue weighted by molar-refractivity contribution is 0.166. The number of para-hydroxylation sites is 1. The molecule has 23 heavy (non-hydrogen) atoms.